The van der Waals surface area contributed by atoms with Gasteiger partial charge in [-0.2, -0.15) is 21.6 Å². The van der Waals surface area contributed by atoms with E-state index in [0.29, 0.717) is 50.8 Å². The topological polar surface area (TPSA) is 96.8 Å². The summed E-state index contributed by atoms with van der Waals surface area (Å²) in [5.74, 6) is 0.0123. The van der Waals surface area contributed by atoms with E-state index in [1.165, 1.54) is 19.2 Å². The Labute approximate surface area is 246 Å². The van der Waals surface area contributed by atoms with Crippen molar-refractivity contribution in [1.82, 2.24) is 4.98 Å². The van der Waals surface area contributed by atoms with Gasteiger partial charge in [0.05, 0.1) is 17.6 Å². The van der Waals surface area contributed by atoms with Crippen LogP contribution >= 0.6 is 11.6 Å². The van der Waals surface area contributed by atoms with Crippen LogP contribution in [0.3, 0.4) is 0 Å². The molecule has 2 atom stereocenters. The number of hydrogen-bond acceptors (Lipinski definition) is 6. The number of carboxylic acid groups (broad SMARTS) is 1. The Balaban J connectivity index is 1.66. The molecule has 0 radical (unpaired) electrons. The predicted molar refractivity (Wildman–Crippen MR) is 150 cm³/mol. The Kier molecular flexibility index (Phi) is 8.16. The summed E-state index contributed by atoms with van der Waals surface area (Å²) in [5.41, 5.74) is 0.952. The van der Waals surface area contributed by atoms with Gasteiger partial charge in [0.15, 0.2) is 4.90 Å². The van der Waals surface area contributed by atoms with Crippen LogP contribution in [0.25, 0.3) is 0 Å². The molecule has 0 bridgehead atoms. The van der Waals surface area contributed by atoms with Gasteiger partial charge < -0.3 is 14.7 Å². The van der Waals surface area contributed by atoms with Gasteiger partial charge in [-0.15, -0.1) is 0 Å². The molecular weight excluding hydrogens is 595 g/mol. The van der Waals surface area contributed by atoms with Crippen LogP contribution in [-0.2, 0) is 22.6 Å². The van der Waals surface area contributed by atoms with E-state index in [-0.39, 0.29) is 5.75 Å². The number of carbonyl (C=O) groups is 1. The van der Waals surface area contributed by atoms with Gasteiger partial charge in [0.25, 0.3) is 0 Å². The fourth-order valence-electron chi connectivity index (χ4n) is 6.45. The summed E-state index contributed by atoms with van der Waals surface area (Å²) in [5, 5.41) is 8.69. The SMILES string of the molecule is C[N+](C1CCN(c2ccncc2)CC1)(C1CCCc2ccc(OC(=O)O)cc21)S(=O)(=O)c1c(Cl)cccc1C(F)(F)F. The molecule has 1 aliphatic carbocycles. The average molecular weight is 625 g/mol. The quantitative estimate of drug-likeness (QED) is 0.185. The maximum absolute atomic E-state index is 14.8. The van der Waals surface area contributed by atoms with Gasteiger partial charge in [0, 0.05) is 56.0 Å². The van der Waals surface area contributed by atoms with Crippen molar-refractivity contribution in [3.05, 3.63) is 82.6 Å². The minimum Gasteiger partial charge on any atom is -0.449 e. The lowest BCUT2D eigenvalue weighted by molar-refractivity contribution is -0.848. The molecule has 42 heavy (non-hydrogen) atoms. The van der Waals surface area contributed by atoms with Gasteiger partial charge in [-0.3, -0.25) is 4.98 Å². The van der Waals surface area contributed by atoms with Crippen LogP contribution in [0.15, 0.2) is 65.8 Å². The number of halogens is 4. The first-order valence-corrected chi connectivity index (χ1v) is 15.3. The van der Waals surface area contributed by atoms with Crippen molar-refractivity contribution in [2.45, 2.75) is 55.3 Å². The Bertz CT molecular complexity index is 1580. The molecule has 3 aromatic rings. The molecule has 2 unspecified atom stereocenters. The largest absolute Gasteiger partial charge is 0.511 e. The molecule has 1 N–H and O–H groups in total. The summed E-state index contributed by atoms with van der Waals surface area (Å²) >= 11 is 6.30. The zero-order valence-corrected chi connectivity index (χ0v) is 24.3. The lowest BCUT2D eigenvalue weighted by atomic mass is 9.85. The highest BCUT2D eigenvalue weighted by atomic mass is 35.5. The van der Waals surface area contributed by atoms with Crippen molar-refractivity contribution in [3.8, 4) is 5.75 Å². The zero-order valence-electron chi connectivity index (χ0n) is 22.7. The normalized spacial score (nSPS) is 19.5. The number of quaternary nitrogens is 1. The number of ether oxygens (including phenoxy) is 1. The molecular formula is C29H30ClF3N3O5S+. The number of alkyl halides is 3. The van der Waals surface area contributed by atoms with Crippen LogP contribution < -0.4 is 9.64 Å². The number of sulfonamides is 1. The summed E-state index contributed by atoms with van der Waals surface area (Å²) in [7, 11) is -3.32. The Morgan fingerprint density at radius 3 is 2.43 bits per heavy atom. The van der Waals surface area contributed by atoms with E-state index >= 15 is 0 Å². The van der Waals surface area contributed by atoms with Crippen molar-refractivity contribution >= 4 is 33.5 Å². The van der Waals surface area contributed by atoms with Crippen LogP contribution in [0.5, 0.6) is 5.75 Å². The Morgan fingerprint density at radius 2 is 1.79 bits per heavy atom. The van der Waals surface area contributed by atoms with Gasteiger partial charge in [0.1, 0.15) is 17.8 Å². The van der Waals surface area contributed by atoms with Gasteiger partial charge in [-0.1, -0.05) is 23.7 Å². The molecule has 1 fully saturated rings. The van der Waals surface area contributed by atoms with Crippen molar-refractivity contribution in [3.63, 3.8) is 0 Å². The molecule has 1 aromatic heterocycles. The van der Waals surface area contributed by atoms with Gasteiger partial charge >= 0.3 is 22.4 Å². The van der Waals surface area contributed by atoms with Crippen molar-refractivity contribution in [1.29, 1.82) is 0 Å². The Hall–Kier alpha value is -3.35. The second-order valence-corrected chi connectivity index (χ2v) is 13.3. The molecule has 2 heterocycles. The van der Waals surface area contributed by atoms with Crippen LogP contribution in [0.1, 0.15) is 48.4 Å². The molecule has 1 saturated heterocycles. The number of pyridine rings is 1. The standard InChI is InChI=1S/C29H29ClF3N3O5S/c1-36(21-12-16-35(17-13-21)20-10-14-34-15-11-20,42(39,40)27-24(29(31,32)33)5-3-6-25(27)30)26-7-2-4-19-8-9-22(18-23(19)26)41-28(37)38/h3,5-6,8-11,14-15,18,21,26H,2,4,7,12-13,16-17H2,1H3/p+1. The fourth-order valence-corrected chi connectivity index (χ4v) is 9.24. The van der Waals surface area contributed by atoms with Gasteiger partial charge in [-0.05, 0) is 54.8 Å². The second kappa shape index (κ2) is 11.4. The molecule has 1 aliphatic heterocycles. The Morgan fingerprint density at radius 1 is 1.10 bits per heavy atom. The van der Waals surface area contributed by atoms with E-state index < -0.39 is 53.8 Å². The number of piperidine rings is 1. The first kappa shape index (κ1) is 30.1. The van der Waals surface area contributed by atoms with Crippen molar-refractivity contribution in [2.24, 2.45) is 0 Å². The van der Waals surface area contributed by atoms with E-state index in [1.54, 1.807) is 18.5 Å². The minimum absolute atomic E-state index is 0.0123. The number of hydrogen-bond donors (Lipinski definition) is 1. The lowest BCUT2D eigenvalue weighted by Crippen LogP contribution is -2.61. The van der Waals surface area contributed by atoms with Crippen LogP contribution in [0.2, 0.25) is 5.02 Å². The first-order valence-electron chi connectivity index (χ1n) is 13.5. The van der Waals surface area contributed by atoms with Gasteiger partial charge in [-0.25, -0.2) is 8.68 Å². The number of anilines is 1. The van der Waals surface area contributed by atoms with Crippen LogP contribution in [0, 0.1) is 0 Å². The monoisotopic (exact) mass is 624 g/mol. The van der Waals surface area contributed by atoms with E-state index in [9.17, 15) is 31.5 Å². The number of nitrogens with zero attached hydrogens (tertiary/aromatic N) is 3. The maximum atomic E-state index is 14.8. The highest BCUT2D eigenvalue weighted by molar-refractivity contribution is 7.86. The molecule has 8 nitrogen and oxygen atoms in total. The molecule has 13 heteroatoms. The van der Waals surface area contributed by atoms with Crippen LogP contribution in [0.4, 0.5) is 23.7 Å². The number of aromatic nitrogens is 1. The molecule has 0 saturated carbocycles. The zero-order chi connectivity index (χ0) is 30.3. The third kappa shape index (κ3) is 5.43. The van der Waals surface area contributed by atoms with E-state index in [4.69, 9.17) is 16.3 Å². The predicted octanol–water partition coefficient (Wildman–Crippen LogP) is 6.69. The fraction of sp³-hybridized carbons (Fsp3) is 0.379. The maximum Gasteiger partial charge on any atom is 0.511 e. The summed E-state index contributed by atoms with van der Waals surface area (Å²) in [4.78, 5) is 16.5. The third-order valence-electron chi connectivity index (χ3n) is 8.49. The first-order chi connectivity index (χ1) is 19.8. The van der Waals surface area contributed by atoms with Crippen molar-refractivity contribution < 1.29 is 40.1 Å². The number of benzene rings is 2. The average Bonchev–Trinajstić information content (AvgIpc) is 2.96. The highest BCUT2D eigenvalue weighted by Gasteiger charge is 2.56. The summed E-state index contributed by atoms with van der Waals surface area (Å²) in [6.07, 6.45) is -0.838. The number of rotatable bonds is 6. The number of fused-ring (bicyclic) bond motifs is 1. The molecule has 5 rings (SSSR count). The highest BCUT2D eigenvalue weighted by Crippen LogP contribution is 2.50. The molecule has 2 aromatic carbocycles. The molecule has 0 amide bonds. The molecule has 0 spiro atoms. The summed E-state index contributed by atoms with van der Waals surface area (Å²) in [6.45, 7) is 0.961. The molecule has 2 aliphatic rings. The van der Waals surface area contributed by atoms with E-state index in [0.717, 1.165) is 29.4 Å². The van der Waals surface area contributed by atoms with E-state index in [1.807, 2.05) is 12.1 Å². The lowest BCUT2D eigenvalue weighted by Gasteiger charge is -2.49. The smallest absolute Gasteiger partial charge is 0.449 e. The number of aryl methyl sites for hydroxylation is 1. The third-order valence-corrected chi connectivity index (χ3v) is 11.5. The summed E-state index contributed by atoms with van der Waals surface area (Å²) < 4.78 is 76.6. The summed E-state index contributed by atoms with van der Waals surface area (Å²) in [6, 6.07) is 10.00. The molecule has 224 valence electrons. The van der Waals surface area contributed by atoms with Gasteiger partial charge in [0.2, 0.25) is 0 Å². The minimum atomic E-state index is -4.96. The second-order valence-electron chi connectivity index (χ2n) is 10.7. The van der Waals surface area contributed by atoms with E-state index in [2.05, 4.69) is 9.88 Å². The van der Waals surface area contributed by atoms with Crippen molar-refractivity contribution in [2.75, 3.05) is 25.0 Å². The van der Waals surface area contributed by atoms with Crippen LogP contribution in [-0.4, -0.2) is 54.7 Å².